The van der Waals surface area contributed by atoms with Gasteiger partial charge in [0.1, 0.15) is 0 Å². The number of piperidine rings is 1. The van der Waals surface area contributed by atoms with Crippen LogP contribution < -0.4 is 10.0 Å². The molecule has 0 aromatic carbocycles. The third-order valence-corrected chi connectivity index (χ3v) is 5.43. The molecule has 0 spiro atoms. The number of hydrogen-bond acceptors (Lipinski definition) is 4. The monoisotopic (exact) mass is 300 g/mol. The zero-order valence-corrected chi connectivity index (χ0v) is 13.0. The van der Waals surface area contributed by atoms with E-state index in [2.05, 4.69) is 15.1 Å². The second-order valence-electron chi connectivity index (χ2n) is 5.50. The SMILES string of the molecule is Cc1c(CNS(=O)(=O)CCC2CCNCC2)cnn1C. The molecular weight excluding hydrogens is 276 g/mol. The number of nitrogens with one attached hydrogen (secondary N) is 2. The fourth-order valence-corrected chi connectivity index (χ4v) is 3.63. The first kappa shape index (κ1) is 15.5. The van der Waals surface area contributed by atoms with Crippen molar-refractivity contribution in [1.29, 1.82) is 0 Å². The smallest absolute Gasteiger partial charge is 0.211 e. The topological polar surface area (TPSA) is 76.0 Å². The number of sulfonamides is 1. The van der Waals surface area contributed by atoms with E-state index in [1.54, 1.807) is 10.9 Å². The van der Waals surface area contributed by atoms with E-state index in [-0.39, 0.29) is 5.75 Å². The van der Waals surface area contributed by atoms with E-state index < -0.39 is 10.0 Å². The van der Waals surface area contributed by atoms with Crippen molar-refractivity contribution in [2.75, 3.05) is 18.8 Å². The summed E-state index contributed by atoms with van der Waals surface area (Å²) in [5.41, 5.74) is 1.92. The number of rotatable bonds is 6. The Labute approximate surface area is 121 Å². The van der Waals surface area contributed by atoms with Crippen molar-refractivity contribution in [3.63, 3.8) is 0 Å². The Hall–Kier alpha value is -0.920. The largest absolute Gasteiger partial charge is 0.317 e. The molecule has 1 aromatic rings. The molecule has 0 aliphatic carbocycles. The first-order chi connectivity index (χ1) is 9.48. The van der Waals surface area contributed by atoms with E-state index in [4.69, 9.17) is 0 Å². The summed E-state index contributed by atoms with van der Waals surface area (Å²) in [6.45, 7) is 4.28. The normalized spacial score (nSPS) is 17.5. The molecule has 1 saturated heterocycles. The lowest BCUT2D eigenvalue weighted by Crippen LogP contribution is -2.31. The lowest BCUT2D eigenvalue weighted by molar-refractivity contribution is 0.365. The van der Waals surface area contributed by atoms with E-state index in [1.807, 2.05) is 14.0 Å². The third kappa shape index (κ3) is 4.29. The van der Waals surface area contributed by atoms with Gasteiger partial charge in [0.2, 0.25) is 10.0 Å². The summed E-state index contributed by atoms with van der Waals surface area (Å²) in [4.78, 5) is 0. The molecule has 1 aliphatic heterocycles. The molecule has 0 bridgehead atoms. The van der Waals surface area contributed by atoms with Crippen LogP contribution in [0.15, 0.2) is 6.20 Å². The van der Waals surface area contributed by atoms with E-state index >= 15 is 0 Å². The summed E-state index contributed by atoms with van der Waals surface area (Å²) in [5, 5.41) is 7.40. The second kappa shape index (κ2) is 6.69. The van der Waals surface area contributed by atoms with Gasteiger partial charge in [0.05, 0.1) is 11.9 Å². The van der Waals surface area contributed by atoms with Gasteiger partial charge in [0.15, 0.2) is 0 Å². The van der Waals surface area contributed by atoms with Crippen LogP contribution in [-0.4, -0.2) is 37.0 Å². The van der Waals surface area contributed by atoms with Crippen LogP contribution in [-0.2, 0) is 23.6 Å². The van der Waals surface area contributed by atoms with Gasteiger partial charge in [-0.05, 0) is 45.2 Å². The molecule has 2 rings (SSSR count). The molecule has 0 unspecified atom stereocenters. The lowest BCUT2D eigenvalue weighted by atomic mass is 9.96. The van der Waals surface area contributed by atoms with Crippen LogP contribution in [0.25, 0.3) is 0 Å². The predicted molar refractivity (Wildman–Crippen MR) is 78.8 cm³/mol. The highest BCUT2D eigenvalue weighted by atomic mass is 32.2. The molecule has 0 amide bonds. The van der Waals surface area contributed by atoms with Gasteiger partial charge in [-0.2, -0.15) is 5.10 Å². The maximum absolute atomic E-state index is 12.0. The average molecular weight is 300 g/mol. The predicted octanol–water partition coefficient (Wildman–Crippen LogP) is 0.538. The summed E-state index contributed by atoms with van der Waals surface area (Å²) in [5.74, 6) is 0.754. The quantitative estimate of drug-likeness (QED) is 0.804. The molecule has 1 fully saturated rings. The lowest BCUT2D eigenvalue weighted by Gasteiger charge is -2.22. The highest BCUT2D eigenvalue weighted by molar-refractivity contribution is 7.89. The second-order valence-corrected chi connectivity index (χ2v) is 7.43. The van der Waals surface area contributed by atoms with Crippen LogP contribution in [0.4, 0.5) is 0 Å². The van der Waals surface area contributed by atoms with E-state index in [9.17, 15) is 8.42 Å². The molecule has 1 aromatic heterocycles. The Morgan fingerprint density at radius 3 is 2.75 bits per heavy atom. The van der Waals surface area contributed by atoms with Gasteiger partial charge in [0, 0.05) is 24.8 Å². The molecule has 7 heteroatoms. The minimum atomic E-state index is -3.19. The van der Waals surface area contributed by atoms with Gasteiger partial charge < -0.3 is 5.32 Å². The Morgan fingerprint density at radius 2 is 2.15 bits per heavy atom. The van der Waals surface area contributed by atoms with Crippen LogP contribution in [0.2, 0.25) is 0 Å². The number of nitrogens with zero attached hydrogens (tertiary/aromatic N) is 2. The standard InChI is InChI=1S/C13H24N4O2S/c1-11-13(9-15-17(11)2)10-16-20(18,19)8-5-12-3-6-14-7-4-12/h9,12,14,16H,3-8,10H2,1-2H3. The number of aromatic nitrogens is 2. The van der Waals surface area contributed by atoms with Crippen molar-refractivity contribution >= 4 is 10.0 Å². The van der Waals surface area contributed by atoms with Gasteiger partial charge in [-0.3, -0.25) is 4.68 Å². The molecule has 6 nitrogen and oxygen atoms in total. The first-order valence-corrected chi connectivity index (χ1v) is 8.79. The molecule has 1 aliphatic rings. The van der Waals surface area contributed by atoms with Gasteiger partial charge >= 0.3 is 0 Å². The van der Waals surface area contributed by atoms with E-state index in [0.717, 1.165) is 43.6 Å². The van der Waals surface area contributed by atoms with Crippen LogP contribution in [0, 0.1) is 12.8 Å². The fourth-order valence-electron chi connectivity index (χ4n) is 2.47. The third-order valence-electron chi connectivity index (χ3n) is 4.07. The maximum Gasteiger partial charge on any atom is 0.211 e. The molecule has 2 heterocycles. The summed E-state index contributed by atoms with van der Waals surface area (Å²) in [7, 11) is -1.34. The minimum absolute atomic E-state index is 0.219. The molecule has 20 heavy (non-hydrogen) atoms. The first-order valence-electron chi connectivity index (χ1n) is 7.13. The van der Waals surface area contributed by atoms with Gasteiger partial charge in [-0.25, -0.2) is 13.1 Å². The Bertz CT molecular complexity index is 533. The van der Waals surface area contributed by atoms with Crippen molar-refractivity contribution < 1.29 is 8.42 Å². The van der Waals surface area contributed by atoms with Crippen LogP contribution in [0.1, 0.15) is 30.5 Å². The van der Waals surface area contributed by atoms with E-state index in [1.165, 1.54) is 0 Å². The molecule has 0 atom stereocenters. The van der Waals surface area contributed by atoms with Crippen molar-refractivity contribution in [2.45, 2.75) is 32.7 Å². The Balaban J connectivity index is 1.80. The highest BCUT2D eigenvalue weighted by Gasteiger charge is 2.18. The van der Waals surface area contributed by atoms with Crippen LogP contribution in [0.5, 0.6) is 0 Å². The molecule has 0 saturated carbocycles. The maximum atomic E-state index is 12.0. The summed E-state index contributed by atoms with van der Waals surface area (Å²) < 4.78 is 28.4. The average Bonchev–Trinajstić information content (AvgIpc) is 2.76. The molecule has 0 radical (unpaired) electrons. The fraction of sp³-hybridized carbons (Fsp3) is 0.769. The van der Waals surface area contributed by atoms with Crippen molar-refractivity contribution in [1.82, 2.24) is 19.8 Å². The zero-order chi connectivity index (χ0) is 14.6. The van der Waals surface area contributed by atoms with Crippen LogP contribution >= 0.6 is 0 Å². The highest BCUT2D eigenvalue weighted by Crippen LogP contribution is 2.16. The van der Waals surface area contributed by atoms with Gasteiger partial charge in [-0.1, -0.05) is 0 Å². The van der Waals surface area contributed by atoms with Gasteiger partial charge in [-0.15, -0.1) is 0 Å². The van der Waals surface area contributed by atoms with Gasteiger partial charge in [0.25, 0.3) is 0 Å². The summed E-state index contributed by atoms with van der Waals surface area (Å²) in [6, 6.07) is 0. The number of aryl methyl sites for hydroxylation is 1. The number of hydrogen-bond donors (Lipinski definition) is 2. The summed E-state index contributed by atoms with van der Waals surface area (Å²) >= 11 is 0. The molecular formula is C13H24N4O2S. The van der Waals surface area contributed by atoms with E-state index in [0.29, 0.717) is 12.5 Å². The zero-order valence-electron chi connectivity index (χ0n) is 12.2. The van der Waals surface area contributed by atoms with Crippen LogP contribution in [0.3, 0.4) is 0 Å². The molecule has 114 valence electrons. The molecule has 2 N–H and O–H groups in total. The Kier molecular flexibility index (Phi) is 5.17. The Morgan fingerprint density at radius 1 is 1.45 bits per heavy atom. The van der Waals surface area contributed by atoms with Crippen molar-refractivity contribution in [3.8, 4) is 0 Å². The summed E-state index contributed by atoms with van der Waals surface area (Å²) in [6.07, 6.45) is 4.63. The minimum Gasteiger partial charge on any atom is -0.317 e. The van der Waals surface area contributed by atoms with Crippen molar-refractivity contribution in [3.05, 3.63) is 17.5 Å². The van der Waals surface area contributed by atoms with Crippen molar-refractivity contribution in [2.24, 2.45) is 13.0 Å².